The van der Waals surface area contributed by atoms with Gasteiger partial charge >= 0.3 is 5.97 Å². The first-order chi connectivity index (χ1) is 8.61. The van der Waals surface area contributed by atoms with E-state index in [0.717, 1.165) is 11.3 Å². The molecular formula is C13H14N2O3. The lowest BCUT2D eigenvalue weighted by Gasteiger charge is -2.32. The summed E-state index contributed by atoms with van der Waals surface area (Å²) in [4.78, 5) is 12.9. The van der Waals surface area contributed by atoms with Crippen molar-refractivity contribution in [1.29, 1.82) is 5.26 Å². The molecule has 0 amide bonds. The van der Waals surface area contributed by atoms with Crippen molar-refractivity contribution in [3.63, 3.8) is 0 Å². The Labute approximate surface area is 105 Å². The summed E-state index contributed by atoms with van der Waals surface area (Å²) in [6.45, 7) is 3.27. The van der Waals surface area contributed by atoms with Crippen LogP contribution < -0.4 is 4.90 Å². The SMILES string of the molecule is Cc1cc(N2CCOC(C(=O)O)C2)ccc1C#N. The molecule has 1 N–H and O–H groups in total. The maximum Gasteiger partial charge on any atom is 0.334 e. The Kier molecular flexibility index (Phi) is 3.49. The largest absolute Gasteiger partial charge is 0.479 e. The molecule has 1 aromatic carbocycles. The summed E-state index contributed by atoms with van der Waals surface area (Å²) in [5, 5.41) is 17.8. The van der Waals surface area contributed by atoms with E-state index in [4.69, 9.17) is 15.1 Å². The van der Waals surface area contributed by atoms with Crippen LogP contribution in [0.3, 0.4) is 0 Å². The summed E-state index contributed by atoms with van der Waals surface area (Å²) in [7, 11) is 0. The van der Waals surface area contributed by atoms with Gasteiger partial charge in [0.25, 0.3) is 0 Å². The Morgan fingerprint density at radius 3 is 3.00 bits per heavy atom. The van der Waals surface area contributed by atoms with Gasteiger partial charge in [0.2, 0.25) is 0 Å². The molecule has 5 heteroatoms. The minimum atomic E-state index is -0.940. The topological polar surface area (TPSA) is 73.6 Å². The molecule has 0 spiro atoms. The van der Waals surface area contributed by atoms with E-state index in [-0.39, 0.29) is 0 Å². The normalized spacial score (nSPS) is 19.3. The standard InChI is InChI=1S/C13H14N2O3/c1-9-6-11(3-2-10(9)7-14)15-4-5-18-12(8-15)13(16)17/h2-3,6,12H,4-5,8H2,1H3,(H,16,17). The van der Waals surface area contributed by atoms with Crippen molar-refractivity contribution in [3.8, 4) is 6.07 Å². The fourth-order valence-electron chi connectivity index (χ4n) is 2.00. The maximum atomic E-state index is 10.9. The minimum Gasteiger partial charge on any atom is -0.479 e. The van der Waals surface area contributed by atoms with Gasteiger partial charge in [0.1, 0.15) is 0 Å². The van der Waals surface area contributed by atoms with E-state index in [0.29, 0.717) is 25.3 Å². The summed E-state index contributed by atoms with van der Waals surface area (Å²) in [5.41, 5.74) is 2.47. The monoisotopic (exact) mass is 246 g/mol. The predicted octanol–water partition coefficient (Wildman–Crippen LogP) is 1.16. The molecule has 1 aliphatic rings. The van der Waals surface area contributed by atoms with Crippen LogP contribution in [0.4, 0.5) is 5.69 Å². The fraction of sp³-hybridized carbons (Fsp3) is 0.385. The quantitative estimate of drug-likeness (QED) is 0.847. The second-order valence-electron chi connectivity index (χ2n) is 4.25. The highest BCUT2D eigenvalue weighted by atomic mass is 16.5. The molecule has 0 aliphatic carbocycles. The number of aryl methyl sites for hydroxylation is 1. The van der Waals surface area contributed by atoms with Gasteiger partial charge < -0.3 is 14.7 Å². The van der Waals surface area contributed by atoms with Crippen LogP contribution in [0.15, 0.2) is 18.2 Å². The van der Waals surface area contributed by atoms with Crippen LogP contribution >= 0.6 is 0 Å². The Balaban J connectivity index is 2.19. The van der Waals surface area contributed by atoms with Gasteiger partial charge in [-0.25, -0.2) is 4.79 Å². The third-order valence-electron chi connectivity index (χ3n) is 3.04. The third-order valence-corrected chi connectivity index (χ3v) is 3.04. The Morgan fingerprint density at radius 1 is 1.61 bits per heavy atom. The fourth-order valence-corrected chi connectivity index (χ4v) is 2.00. The van der Waals surface area contributed by atoms with Crippen molar-refractivity contribution in [3.05, 3.63) is 29.3 Å². The molecule has 0 aromatic heterocycles. The third kappa shape index (κ3) is 2.44. The number of carbonyl (C=O) groups is 1. The summed E-state index contributed by atoms with van der Waals surface area (Å²) in [6, 6.07) is 7.62. The number of rotatable bonds is 2. The molecule has 94 valence electrons. The molecule has 1 aliphatic heterocycles. The van der Waals surface area contributed by atoms with Crippen LogP contribution in [0, 0.1) is 18.3 Å². The van der Waals surface area contributed by atoms with Crippen molar-refractivity contribution in [2.24, 2.45) is 0 Å². The van der Waals surface area contributed by atoms with Gasteiger partial charge in [-0.15, -0.1) is 0 Å². The molecule has 5 nitrogen and oxygen atoms in total. The smallest absolute Gasteiger partial charge is 0.334 e. The summed E-state index contributed by atoms with van der Waals surface area (Å²) in [5.74, 6) is -0.940. The molecule has 1 atom stereocenters. The number of morpholine rings is 1. The lowest BCUT2D eigenvalue weighted by atomic mass is 10.1. The molecule has 0 saturated carbocycles. The van der Waals surface area contributed by atoms with Gasteiger partial charge in [0.15, 0.2) is 6.10 Å². The Bertz CT molecular complexity index is 507. The van der Waals surface area contributed by atoms with Crippen LogP contribution in [0.5, 0.6) is 0 Å². The molecule has 1 fully saturated rings. The molecule has 2 rings (SSSR count). The first kappa shape index (κ1) is 12.4. The van der Waals surface area contributed by atoms with Gasteiger partial charge in [-0.1, -0.05) is 0 Å². The molecular weight excluding hydrogens is 232 g/mol. The summed E-state index contributed by atoms with van der Waals surface area (Å²) >= 11 is 0. The van der Waals surface area contributed by atoms with E-state index in [2.05, 4.69) is 6.07 Å². The number of benzene rings is 1. The molecule has 0 radical (unpaired) electrons. The molecule has 0 bridgehead atoms. The first-order valence-corrected chi connectivity index (χ1v) is 5.72. The number of carboxylic acids is 1. The van der Waals surface area contributed by atoms with Crippen LogP contribution in [0.2, 0.25) is 0 Å². The summed E-state index contributed by atoms with van der Waals surface area (Å²) < 4.78 is 5.17. The molecule has 1 aromatic rings. The number of ether oxygens (including phenoxy) is 1. The first-order valence-electron chi connectivity index (χ1n) is 5.72. The highest BCUT2D eigenvalue weighted by Gasteiger charge is 2.26. The van der Waals surface area contributed by atoms with Crippen LogP contribution in [0.25, 0.3) is 0 Å². The van der Waals surface area contributed by atoms with Gasteiger partial charge in [-0.05, 0) is 30.7 Å². The Hall–Kier alpha value is -2.06. The van der Waals surface area contributed by atoms with E-state index in [1.807, 2.05) is 24.0 Å². The number of nitriles is 1. The van der Waals surface area contributed by atoms with E-state index >= 15 is 0 Å². The van der Waals surface area contributed by atoms with E-state index < -0.39 is 12.1 Å². The van der Waals surface area contributed by atoms with E-state index in [1.165, 1.54) is 0 Å². The van der Waals surface area contributed by atoms with Crippen LogP contribution in [-0.4, -0.2) is 36.9 Å². The zero-order valence-electron chi connectivity index (χ0n) is 10.1. The zero-order chi connectivity index (χ0) is 13.1. The molecule has 1 saturated heterocycles. The zero-order valence-corrected chi connectivity index (χ0v) is 10.1. The number of nitrogens with zero attached hydrogens (tertiary/aromatic N) is 2. The van der Waals surface area contributed by atoms with Crippen molar-refractivity contribution < 1.29 is 14.6 Å². The summed E-state index contributed by atoms with van der Waals surface area (Å²) in [6.07, 6.45) is -0.783. The van der Waals surface area contributed by atoms with E-state index in [1.54, 1.807) is 6.07 Å². The highest BCUT2D eigenvalue weighted by Crippen LogP contribution is 2.21. The van der Waals surface area contributed by atoms with Gasteiger partial charge in [-0.2, -0.15) is 5.26 Å². The average Bonchev–Trinajstić information content (AvgIpc) is 2.38. The number of hydrogen-bond acceptors (Lipinski definition) is 4. The van der Waals surface area contributed by atoms with Crippen molar-refractivity contribution >= 4 is 11.7 Å². The van der Waals surface area contributed by atoms with E-state index in [9.17, 15) is 4.79 Å². The van der Waals surface area contributed by atoms with Gasteiger partial charge in [-0.3, -0.25) is 0 Å². The van der Waals surface area contributed by atoms with Gasteiger partial charge in [0.05, 0.1) is 24.8 Å². The number of aliphatic carboxylic acids is 1. The second kappa shape index (κ2) is 5.07. The number of anilines is 1. The lowest BCUT2D eigenvalue weighted by molar-refractivity contribution is -0.150. The maximum absolute atomic E-state index is 10.9. The Morgan fingerprint density at radius 2 is 2.39 bits per heavy atom. The second-order valence-corrected chi connectivity index (χ2v) is 4.25. The number of carboxylic acid groups (broad SMARTS) is 1. The van der Waals surface area contributed by atoms with Crippen molar-refractivity contribution in [2.75, 3.05) is 24.6 Å². The molecule has 18 heavy (non-hydrogen) atoms. The minimum absolute atomic E-state index is 0.334. The predicted molar refractivity (Wildman–Crippen MR) is 65.5 cm³/mol. The van der Waals surface area contributed by atoms with Crippen LogP contribution in [-0.2, 0) is 9.53 Å². The van der Waals surface area contributed by atoms with Crippen molar-refractivity contribution in [2.45, 2.75) is 13.0 Å². The number of hydrogen-bond donors (Lipinski definition) is 1. The molecule has 1 heterocycles. The van der Waals surface area contributed by atoms with Gasteiger partial charge in [0, 0.05) is 12.2 Å². The molecule has 1 unspecified atom stereocenters. The lowest BCUT2D eigenvalue weighted by Crippen LogP contribution is -2.46. The highest BCUT2D eigenvalue weighted by molar-refractivity contribution is 5.73. The van der Waals surface area contributed by atoms with Crippen molar-refractivity contribution in [1.82, 2.24) is 0 Å². The average molecular weight is 246 g/mol. The van der Waals surface area contributed by atoms with Crippen LogP contribution in [0.1, 0.15) is 11.1 Å².